The predicted molar refractivity (Wildman–Crippen MR) is 253 cm³/mol. The molecule has 0 heterocycles. The van der Waals surface area contributed by atoms with Crippen LogP contribution in [0.25, 0.3) is 0 Å². The molecule has 0 fully saturated rings. The van der Waals surface area contributed by atoms with Crippen LogP contribution in [0.15, 0.2) is 12.2 Å². The van der Waals surface area contributed by atoms with Gasteiger partial charge in [0.05, 0.1) is 18.8 Å². The molecule has 3 N–H and O–H groups in total. The van der Waals surface area contributed by atoms with Gasteiger partial charge >= 0.3 is 0 Å². The van der Waals surface area contributed by atoms with E-state index in [0.717, 1.165) is 25.7 Å². The largest absolute Gasteiger partial charge is 0.394 e. The van der Waals surface area contributed by atoms with E-state index in [9.17, 15) is 15.0 Å². The standard InChI is InChI=1S/C53H105NO3/c1-3-5-7-9-11-13-15-17-19-21-23-25-27-28-30-32-34-36-38-40-42-44-46-48-52(56)51(50-55)54-53(57)49-47-45-43-41-39-37-35-33-31-29-26-24-22-20-18-16-14-12-10-8-6-4-2/h46,48,51-52,55-56H,3-45,47,49-50H2,1-2H3,(H,54,57)/b48-46+. The lowest BCUT2D eigenvalue weighted by Gasteiger charge is -2.20. The number of carbonyl (C=O) groups is 1. The summed E-state index contributed by atoms with van der Waals surface area (Å²) in [4.78, 5) is 12.4. The van der Waals surface area contributed by atoms with Crippen LogP contribution in [-0.4, -0.2) is 34.9 Å². The minimum absolute atomic E-state index is 0.0565. The summed E-state index contributed by atoms with van der Waals surface area (Å²) in [5.41, 5.74) is 0. The van der Waals surface area contributed by atoms with Gasteiger partial charge in [0.25, 0.3) is 0 Å². The van der Waals surface area contributed by atoms with Crippen molar-refractivity contribution in [2.45, 2.75) is 315 Å². The number of aliphatic hydroxyl groups excluding tert-OH is 2. The minimum Gasteiger partial charge on any atom is -0.394 e. The van der Waals surface area contributed by atoms with Gasteiger partial charge in [-0.05, 0) is 19.3 Å². The molecule has 0 saturated heterocycles. The summed E-state index contributed by atoms with van der Waals surface area (Å²) in [5.74, 6) is -0.0565. The summed E-state index contributed by atoms with van der Waals surface area (Å²) >= 11 is 0. The van der Waals surface area contributed by atoms with Crippen molar-refractivity contribution in [3.63, 3.8) is 0 Å². The van der Waals surface area contributed by atoms with Crippen molar-refractivity contribution in [2.24, 2.45) is 0 Å². The minimum atomic E-state index is -0.835. The lowest BCUT2D eigenvalue weighted by molar-refractivity contribution is -0.123. The van der Waals surface area contributed by atoms with Crippen LogP contribution in [0.2, 0.25) is 0 Å². The van der Waals surface area contributed by atoms with Crippen molar-refractivity contribution in [1.82, 2.24) is 5.32 Å². The van der Waals surface area contributed by atoms with Crippen LogP contribution in [0.4, 0.5) is 0 Å². The Balaban J connectivity index is 3.47. The zero-order valence-electron chi connectivity index (χ0n) is 39.1. The first-order valence-electron chi connectivity index (χ1n) is 26.4. The van der Waals surface area contributed by atoms with E-state index in [0.29, 0.717) is 6.42 Å². The molecule has 1 amide bonds. The lowest BCUT2D eigenvalue weighted by atomic mass is 10.0. The van der Waals surface area contributed by atoms with Gasteiger partial charge in [0.2, 0.25) is 5.91 Å². The molecule has 0 aromatic heterocycles. The van der Waals surface area contributed by atoms with E-state index in [2.05, 4.69) is 19.2 Å². The molecule has 340 valence electrons. The highest BCUT2D eigenvalue weighted by atomic mass is 16.3. The van der Waals surface area contributed by atoms with Gasteiger partial charge in [-0.3, -0.25) is 4.79 Å². The molecule has 57 heavy (non-hydrogen) atoms. The Morgan fingerprint density at radius 2 is 0.649 bits per heavy atom. The molecular weight excluding hydrogens is 699 g/mol. The van der Waals surface area contributed by atoms with Crippen LogP contribution in [0, 0.1) is 0 Å². The predicted octanol–water partition coefficient (Wildman–Crippen LogP) is 17.0. The summed E-state index contributed by atoms with van der Waals surface area (Å²) in [6, 6.07) is -0.617. The van der Waals surface area contributed by atoms with Crippen molar-refractivity contribution < 1.29 is 15.0 Å². The monoisotopic (exact) mass is 804 g/mol. The molecule has 0 aliphatic heterocycles. The van der Waals surface area contributed by atoms with Crippen molar-refractivity contribution in [3.05, 3.63) is 12.2 Å². The van der Waals surface area contributed by atoms with Gasteiger partial charge in [-0.15, -0.1) is 0 Å². The van der Waals surface area contributed by atoms with Crippen molar-refractivity contribution in [1.29, 1.82) is 0 Å². The number of aliphatic hydroxyl groups is 2. The third-order valence-electron chi connectivity index (χ3n) is 12.5. The first-order valence-corrected chi connectivity index (χ1v) is 26.4. The summed E-state index contributed by atoms with van der Waals surface area (Å²) in [7, 11) is 0. The normalized spacial score (nSPS) is 12.8. The Morgan fingerprint density at radius 1 is 0.404 bits per heavy atom. The van der Waals surface area contributed by atoms with Gasteiger partial charge in [-0.1, -0.05) is 289 Å². The van der Waals surface area contributed by atoms with Gasteiger partial charge in [-0.25, -0.2) is 0 Å². The molecule has 2 unspecified atom stereocenters. The fourth-order valence-electron chi connectivity index (χ4n) is 8.48. The van der Waals surface area contributed by atoms with E-state index in [1.807, 2.05) is 6.08 Å². The third-order valence-corrected chi connectivity index (χ3v) is 12.5. The lowest BCUT2D eigenvalue weighted by Crippen LogP contribution is -2.45. The molecule has 0 saturated carbocycles. The number of hydrogen-bond donors (Lipinski definition) is 3. The second kappa shape index (κ2) is 49.5. The molecule has 0 aliphatic carbocycles. The molecule has 0 radical (unpaired) electrons. The Hall–Kier alpha value is -0.870. The molecule has 0 rings (SSSR count). The number of unbranched alkanes of at least 4 members (excludes halogenated alkanes) is 42. The summed E-state index contributed by atoms with van der Waals surface area (Å²) in [6.45, 7) is 4.35. The number of nitrogens with one attached hydrogen (secondary N) is 1. The van der Waals surface area contributed by atoms with E-state index in [-0.39, 0.29) is 12.5 Å². The average Bonchev–Trinajstić information content (AvgIpc) is 3.22. The molecule has 0 spiro atoms. The van der Waals surface area contributed by atoms with Crippen LogP contribution in [0.5, 0.6) is 0 Å². The maximum atomic E-state index is 12.4. The van der Waals surface area contributed by atoms with E-state index >= 15 is 0 Å². The smallest absolute Gasteiger partial charge is 0.220 e. The first kappa shape index (κ1) is 56.1. The Bertz CT molecular complexity index is 784. The highest BCUT2D eigenvalue weighted by Gasteiger charge is 2.18. The molecule has 0 bridgehead atoms. The van der Waals surface area contributed by atoms with Crippen molar-refractivity contribution in [2.75, 3.05) is 6.61 Å². The van der Waals surface area contributed by atoms with Crippen LogP contribution >= 0.6 is 0 Å². The zero-order chi connectivity index (χ0) is 41.4. The first-order chi connectivity index (χ1) is 28.2. The second-order valence-corrected chi connectivity index (χ2v) is 18.3. The number of hydrogen-bond acceptors (Lipinski definition) is 3. The van der Waals surface area contributed by atoms with Gasteiger partial charge in [-0.2, -0.15) is 0 Å². The van der Waals surface area contributed by atoms with E-state index in [1.165, 1.54) is 257 Å². The van der Waals surface area contributed by atoms with Gasteiger partial charge in [0.15, 0.2) is 0 Å². The highest BCUT2D eigenvalue weighted by Crippen LogP contribution is 2.17. The maximum Gasteiger partial charge on any atom is 0.220 e. The highest BCUT2D eigenvalue weighted by molar-refractivity contribution is 5.76. The number of rotatable bonds is 49. The van der Waals surface area contributed by atoms with Crippen LogP contribution in [0.3, 0.4) is 0 Å². The second-order valence-electron chi connectivity index (χ2n) is 18.3. The Kier molecular flexibility index (Phi) is 48.7. The SMILES string of the molecule is CCCCCCCCCCCCCCCCCCCCCCC/C=C/C(O)C(CO)NC(=O)CCCCCCCCCCCCCCCCCCCCCCCC. The molecule has 2 atom stereocenters. The van der Waals surface area contributed by atoms with Crippen LogP contribution < -0.4 is 5.32 Å². The molecule has 4 nitrogen and oxygen atoms in total. The fraction of sp³-hybridized carbons (Fsp3) is 0.943. The summed E-state index contributed by atoms with van der Waals surface area (Å²) in [5, 5.41) is 23.1. The van der Waals surface area contributed by atoms with Gasteiger partial charge < -0.3 is 15.5 Å². The summed E-state index contributed by atoms with van der Waals surface area (Å²) in [6.07, 6.45) is 63.6. The number of carbonyl (C=O) groups excluding carboxylic acids is 1. The van der Waals surface area contributed by atoms with Gasteiger partial charge in [0.1, 0.15) is 0 Å². The van der Waals surface area contributed by atoms with E-state index in [4.69, 9.17) is 0 Å². The molecule has 4 heteroatoms. The molecular formula is C53H105NO3. The average molecular weight is 804 g/mol. The quantitative estimate of drug-likeness (QED) is 0.0424. The topological polar surface area (TPSA) is 69.6 Å². The van der Waals surface area contributed by atoms with Crippen LogP contribution in [-0.2, 0) is 4.79 Å². The third kappa shape index (κ3) is 46.1. The molecule has 0 aliphatic rings. The van der Waals surface area contributed by atoms with Gasteiger partial charge in [0, 0.05) is 6.42 Å². The van der Waals surface area contributed by atoms with E-state index in [1.54, 1.807) is 6.08 Å². The number of amides is 1. The van der Waals surface area contributed by atoms with Crippen molar-refractivity contribution in [3.8, 4) is 0 Å². The number of allylic oxidation sites excluding steroid dienone is 1. The van der Waals surface area contributed by atoms with Crippen molar-refractivity contribution >= 4 is 5.91 Å². The zero-order valence-corrected chi connectivity index (χ0v) is 39.1. The fourth-order valence-corrected chi connectivity index (χ4v) is 8.48. The molecule has 0 aromatic rings. The van der Waals surface area contributed by atoms with Crippen LogP contribution in [0.1, 0.15) is 303 Å². The summed E-state index contributed by atoms with van der Waals surface area (Å²) < 4.78 is 0. The van der Waals surface area contributed by atoms with E-state index < -0.39 is 12.1 Å². The maximum absolute atomic E-state index is 12.4. The Morgan fingerprint density at radius 3 is 0.912 bits per heavy atom. The molecule has 0 aromatic carbocycles. The Labute approximate surface area is 358 Å².